The van der Waals surface area contributed by atoms with Crippen molar-refractivity contribution in [3.05, 3.63) is 65.0 Å². The van der Waals surface area contributed by atoms with E-state index < -0.39 is 4.21 Å². The lowest BCUT2D eigenvalue weighted by Gasteiger charge is -2.49. The molecule has 0 radical (unpaired) electrons. The van der Waals surface area contributed by atoms with Gasteiger partial charge in [0, 0.05) is 24.6 Å². The molecule has 1 aromatic carbocycles. The van der Waals surface area contributed by atoms with Crippen LogP contribution in [-0.4, -0.2) is 44.3 Å². The van der Waals surface area contributed by atoms with Crippen LogP contribution in [0.4, 0.5) is 0 Å². The van der Waals surface area contributed by atoms with Crippen LogP contribution in [0, 0.1) is 11.1 Å². The molecule has 2 saturated heterocycles. The van der Waals surface area contributed by atoms with E-state index >= 15 is 0 Å². The Morgan fingerprint density at radius 1 is 1.20 bits per heavy atom. The standard InChI is InChI=1S/C19H25N3O2S/c23-22(24)19(14-18-8-4-5-11-21(18)25-22)17-9-12-20(13-10-17)15-16-6-2-1-3-7-16/h1-8,17,19,23H,9-15H2. The molecule has 3 aliphatic rings. The zero-order valence-corrected chi connectivity index (χ0v) is 15.1. The molecule has 25 heavy (non-hydrogen) atoms. The lowest BCUT2D eigenvalue weighted by atomic mass is 9.86. The summed E-state index contributed by atoms with van der Waals surface area (Å²) < 4.78 is 0.739. The molecule has 2 atom stereocenters. The number of allylic oxidation sites excluding steroid dienone is 2. The number of likely N-dealkylation sites (tertiary alicyclic amines) is 1. The van der Waals surface area contributed by atoms with E-state index in [9.17, 15) is 10.4 Å². The monoisotopic (exact) mass is 359 g/mol. The lowest BCUT2D eigenvalue weighted by molar-refractivity contribution is -0.978. The highest BCUT2D eigenvalue weighted by atomic mass is 32.2. The van der Waals surface area contributed by atoms with Crippen LogP contribution in [0.15, 0.2) is 54.3 Å². The van der Waals surface area contributed by atoms with Crippen LogP contribution in [0.25, 0.3) is 0 Å². The van der Waals surface area contributed by atoms with Gasteiger partial charge < -0.3 is 5.21 Å². The van der Waals surface area contributed by atoms with Crippen LogP contribution in [0.5, 0.6) is 0 Å². The van der Waals surface area contributed by atoms with Crippen molar-refractivity contribution in [3.63, 3.8) is 0 Å². The smallest absolute Gasteiger partial charge is 0.239 e. The first kappa shape index (κ1) is 17.1. The minimum atomic E-state index is -1.19. The van der Waals surface area contributed by atoms with Gasteiger partial charge >= 0.3 is 0 Å². The first-order chi connectivity index (χ1) is 12.1. The Labute approximate surface area is 153 Å². The maximum Gasteiger partial charge on any atom is 0.239 e. The van der Waals surface area contributed by atoms with Gasteiger partial charge in [-0.1, -0.05) is 42.5 Å². The molecule has 0 spiro atoms. The molecule has 1 N–H and O–H groups in total. The molecule has 6 heteroatoms. The normalized spacial score (nSPS) is 30.9. The van der Waals surface area contributed by atoms with Crippen molar-refractivity contribution in [2.24, 2.45) is 5.92 Å². The van der Waals surface area contributed by atoms with E-state index in [2.05, 4.69) is 35.2 Å². The highest BCUT2D eigenvalue weighted by Gasteiger charge is 2.45. The van der Waals surface area contributed by atoms with Crippen molar-refractivity contribution in [3.8, 4) is 0 Å². The summed E-state index contributed by atoms with van der Waals surface area (Å²) in [5, 5.41) is 23.2. The molecule has 3 aliphatic heterocycles. The number of hydrogen-bond acceptors (Lipinski definition) is 5. The first-order valence-electron chi connectivity index (χ1n) is 9.03. The molecule has 0 saturated carbocycles. The van der Waals surface area contributed by atoms with Crippen LogP contribution in [0.2, 0.25) is 0 Å². The van der Waals surface area contributed by atoms with Crippen molar-refractivity contribution in [1.29, 1.82) is 0 Å². The molecule has 2 fully saturated rings. The third-order valence-corrected chi connectivity index (χ3v) is 6.58. The Bertz CT molecular complexity index is 654. The van der Waals surface area contributed by atoms with Crippen molar-refractivity contribution in [2.45, 2.75) is 31.8 Å². The third-order valence-electron chi connectivity index (χ3n) is 5.49. The Morgan fingerprint density at radius 3 is 2.72 bits per heavy atom. The zero-order valence-electron chi connectivity index (χ0n) is 14.3. The molecule has 0 bridgehead atoms. The number of hydroxylamine groups is 2. The second-order valence-corrected chi connectivity index (χ2v) is 8.29. The summed E-state index contributed by atoms with van der Waals surface area (Å²) in [6.07, 6.45) is 8.76. The summed E-state index contributed by atoms with van der Waals surface area (Å²) in [5.74, 6) is 0.274. The van der Waals surface area contributed by atoms with E-state index in [0.717, 1.165) is 44.6 Å². The molecule has 2 unspecified atom stereocenters. The number of benzene rings is 1. The number of rotatable bonds is 3. The van der Waals surface area contributed by atoms with Gasteiger partial charge in [0.2, 0.25) is 12.1 Å². The average molecular weight is 359 g/mol. The van der Waals surface area contributed by atoms with Gasteiger partial charge in [0.15, 0.2) is 0 Å². The topological polar surface area (TPSA) is 49.8 Å². The van der Waals surface area contributed by atoms with Crippen LogP contribution in [0.3, 0.4) is 0 Å². The van der Waals surface area contributed by atoms with Crippen LogP contribution >= 0.6 is 12.1 Å². The van der Waals surface area contributed by atoms with Gasteiger partial charge in [-0.05, 0) is 37.6 Å². The largest absolute Gasteiger partial charge is 0.585 e. The van der Waals surface area contributed by atoms with Crippen LogP contribution < -0.4 is 0 Å². The Morgan fingerprint density at radius 2 is 1.96 bits per heavy atom. The number of hydrogen-bond donors (Lipinski definition) is 1. The predicted molar refractivity (Wildman–Crippen MR) is 99.8 cm³/mol. The fourth-order valence-corrected chi connectivity index (χ4v) is 5.14. The molecular weight excluding hydrogens is 334 g/mol. The van der Waals surface area contributed by atoms with Gasteiger partial charge in [-0.15, -0.1) is 4.21 Å². The molecule has 3 heterocycles. The molecule has 5 nitrogen and oxygen atoms in total. The lowest BCUT2D eigenvalue weighted by Crippen LogP contribution is -2.54. The molecular formula is C19H25N3O2S. The third kappa shape index (κ3) is 3.78. The van der Waals surface area contributed by atoms with E-state index in [1.54, 1.807) is 0 Å². The molecule has 0 amide bonds. The quantitative estimate of drug-likeness (QED) is 0.507. The summed E-state index contributed by atoms with van der Waals surface area (Å²) >= 11 is 1.02. The van der Waals surface area contributed by atoms with Crippen molar-refractivity contribution < 1.29 is 9.42 Å². The van der Waals surface area contributed by atoms with Crippen LogP contribution in [0.1, 0.15) is 24.8 Å². The predicted octanol–water partition coefficient (Wildman–Crippen LogP) is 3.69. The fraction of sp³-hybridized carbons (Fsp3) is 0.474. The average Bonchev–Trinajstić information content (AvgIpc) is 2.62. The number of quaternary nitrogens is 1. The Kier molecular flexibility index (Phi) is 4.88. The molecule has 0 aliphatic carbocycles. The van der Waals surface area contributed by atoms with Gasteiger partial charge in [-0.25, -0.2) is 5.21 Å². The van der Waals surface area contributed by atoms with E-state index in [-0.39, 0.29) is 12.0 Å². The summed E-state index contributed by atoms with van der Waals surface area (Å²) in [4.78, 5) is 2.45. The van der Waals surface area contributed by atoms with E-state index in [1.807, 2.05) is 22.5 Å². The van der Waals surface area contributed by atoms with Crippen molar-refractivity contribution in [1.82, 2.24) is 9.21 Å². The highest BCUT2D eigenvalue weighted by molar-refractivity contribution is 7.91. The van der Waals surface area contributed by atoms with E-state index in [1.165, 1.54) is 11.3 Å². The van der Waals surface area contributed by atoms with Gasteiger partial charge in [0.25, 0.3) is 0 Å². The fourth-order valence-electron chi connectivity index (χ4n) is 4.09. The molecule has 134 valence electrons. The van der Waals surface area contributed by atoms with Gasteiger partial charge in [-0.3, -0.25) is 9.21 Å². The van der Waals surface area contributed by atoms with E-state index in [0.29, 0.717) is 13.0 Å². The zero-order chi connectivity index (χ0) is 17.3. The van der Waals surface area contributed by atoms with Crippen molar-refractivity contribution >= 4 is 12.1 Å². The maximum absolute atomic E-state index is 12.7. The van der Waals surface area contributed by atoms with Gasteiger partial charge in [-0.2, -0.15) is 0 Å². The second-order valence-electron chi connectivity index (χ2n) is 7.16. The maximum atomic E-state index is 12.7. The highest BCUT2D eigenvalue weighted by Crippen LogP contribution is 2.44. The summed E-state index contributed by atoms with van der Waals surface area (Å²) in [7, 11) is 0. The van der Waals surface area contributed by atoms with Crippen molar-refractivity contribution in [2.75, 3.05) is 19.6 Å². The summed E-state index contributed by atoms with van der Waals surface area (Å²) in [5.41, 5.74) is 2.50. The number of nitrogens with zero attached hydrogens (tertiary/aromatic N) is 3. The van der Waals surface area contributed by atoms with Gasteiger partial charge in [0.1, 0.15) is 6.04 Å². The molecule has 0 aromatic heterocycles. The summed E-state index contributed by atoms with van der Waals surface area (Å²) in [6, 6.07) is 10.3. The number of fused-ring (bicyclic) bond motifs is 1. The number of piperidine rings is 1. The Balaban J connectivity index is 1.38. The Hall–Kier alpha value is -1.31. The molecule has 4 rings (SSSR count). The van der Waals surface area contributed by atoms with Crippen LogP contribution in [-0.2, 0) is 6.54 Å². The van der Waals surface area contributed by atoms with E-state index in [4.69, 9.17) is 0 Å². The minimum Gasteiger partial charge on any atom is -0.585 e. The first-order valence-corrected chi connectivity index (χ1v) is 9.76. The summed E-state index contributed by atoms with van der Waals surface area (Å²) in [6.45, 7) is 3.64. The SMILES string of the molecule is [O-][N+]1(O)SN2CC=CC=C2CC1C1CCN(Cc2ccccc2)CC1. The van der Waals surface area contributed by atoms with Gasteiger partial charge in [0.05, 0.1) is 6.54 Å². The minimum absolute atomic E-state index is 0.266. The second kappa shape index (κ2) is 7.13. The molecule has 1 aromatic rings.